The molecule has 0 aromatic heterocycles. The van der Waals surface area contributed by atoms with E-state index in [9.17, 15) is 4.91 Å². The monoisotopic (exact) mass is 147 g/mol. The van der Waals surface area contributed by atoms with Crippen LogP contribution in [0.1, 0.15) is 6.42 Å². The molecule has 54 valence electrons. The molecule has 0 aromatic carbocycles. The van der Waals surface area contributed by atoms with Crippen LogP contribution in [0.2, 0.25) is 0 Å². The Bertz CT molecular complexity index is 321. The van der Waals surface area contributed by atoms with Crippen LogP contribution >= 0.6 is 0 Å². The molecule has 11 heavy (non-hydrogen) atoms. The molecule has 0 atom stereocenters. The summed E-state index contributed by atoms with van der Waals surface area (Å²) in [6.45, 7) is 0. The molecule has 2 rings (SSSR count). The molecule has 3 nitrogen and oxygen atoms in total. The molecule has 0 N–H and O–H groups in total. The van der Waals surface area contributed by atoms with Crippen molar-refractivity contribution in [1.82, 2.24) is 0 Å². The largest absolute Gasteiger partial charge is 0.298 e. The predicted molar refractivity (Wildman–Crippen MR) is 42.0 cm³/mol. The lowest BCUT2D eigenvalue weighted by Crippen LogP contribution is -2.09. The maximum Gasteiger partial charge on any atom is 0.298 e. The van der Waals surface area contributed by atoms with Gasteiger partial charge in [-0.3, -0.25) is 0 Å². The average molecular weight is 147 g/mol. The summed E-state index contributed by atoms with van der Waals surface area (Å²) < 4.78 is 0. The van der Waals surface area contributed by atoms with Gasteiger partial charge in [0, 0.05) is 16.8 Å². The molecule has 0 unspecified atom stereocenters. The molecule has 0 spiro atoms. The van der Waals surface area contributed by atoms with Crippen molar-refractivity contribution in [3.63, 3.8) is 0 Å². The van der Waals surface area contributed by atoms with E-state index in [1.165, 1.54) is 6.21 Å². The third kappa shape index (κ3) is 0.941. The number of nitrogens with zero attached hydrogens (tertiary/aromatic N) is 2. The molecule has 3 heteroatoms. The van der Waals surface area contributed by atoms with Gasteiger partial charge in [0.15, 0.2) is 4.87 Å². The highest BCUT2D eigenvalue weighted by Gasteiger charge is 2.25. The van der Waals surface area contributed by atoms with Gasteiger partial charge < -0.3 is 0 Å². The summed E-state index contributed by atoms with van der Waals surface area (Å²) in [7, 11) is 0. The Balaban J connectivity index is 2.48. The summed E-state index contributed by atoms with van der Waals surface area (Å²) in [6, 6.07) is 0. The first kappa shape index (κ1) is 6.22. The van der Waals surface area contributed by atoms with E-state index < -0.39 is 0 Å². The Hall–Kier alpha value is -1.51. The van der Waals surface area contributed by atoms with Crippen molar-refractivity contribution in [2.24, 2.45) is 5.10 Å². The van der Waals surface area contributed by atoms with Crippen LogP contribution in [0.4, 0.5) is 0 Å². The Morgan fingerprint density at radius 1 is 1.45 bits per heavy atom. The number of fused-ring (bicyclic) bond motifs is 1. The topological polar surface area (TPSA) is 32.4 Å². The number of hydrogen-bond donors (Lipinski definition) is 0. The van der Waals surface area contributed by atoms with E-state index in [0.717, 1.165) is 12.0 Å². The molecule has 2 aliphatic rings. The van der Waals surface area contributed by atoms with Gasteiger partial charge in [-0.2, -0.15) is 0 Å². The highest BCUT2D eigenvalue weighted by Crippen LogP contribution is 2.21. The number of hydrazone groups is 1. The first-order valence-corrected chi connectivity index (χ1v) is 3.45. The van der Waals surface area contributed by atoms with Crippen molar-refractivity contribution in [2.45, 2.75) is 6.42 Å². The van der Waals surface area contributed by atoms with E-state index in [1.54, 1.807) is 6.08 Å². The smallest absolute Gasteiger partial charge is 0.0796 e. The molecule has 1 aliphatic carbocycles. The van der Waals surface area contributed by atoms with E-state index in [4.69, 9.17) is 0 Å². The summed E-state index contributed by atoms with van der Waals surface area (Å²) in [4.78, 5) is 11.7. The highest BCUT2D eigenvalue weighted by molar-refractivity contribution is 5.74. The number of rotatable bonds is 0. The summed E-state index contributed by atoms with van der Waals surface area (Å²) in [5, 5.41) is 3.59. The summed E-state index contributed by atoms with van der Waals surface area (Å²) in [5.74, 6) is 0. The van der Waals surface area contributed by atoms with Gasteiger partial charge in [0.2, 0.25) is 0 Å². The zero-order valence-electron chi connectivity index (χ0n) is 5.90. The lowest BCUT2D eigenvalue weighted by molar-refractivity contribution is -0.501. The maximum absolute atomic E-state index is 11.0. The van der Waals surface area contributed by atoms with Crippen molar-refractivity contribution < 1.29 is 4.87 Å². The van der Waals surface area contributed by atoms with E-state index >= 15 is 0 Å². The number of allylic oxidation sites excluding steroid dienone is 5. The summed E-state index contributed by atoms with van der Waals surface area (Å²) >= 11 is 0. The Morgan fingerprint density at radius 2 is 2.36 bits per heavy atom. The SMILES string of the molecule is O=[N+]1N=CC=C2CC=CC=C21. The maximum atomic E-state index is 11.0. The van der Waals surface area contributed by atoms with Crippen LogP contribution in [0.25, 0.3) is 0 Å². The summed E-state index contributed by atoms with van der Waals surface area (Å²) in [6.07, 6.45) is 9.89. The molecule has 0 saturated heterocycles. The molecule has 0 radical (unpaired) electrons. The second kappa shape index (κ2) is 2.27. The van der Waals surface area contributed by atoms with Crippen molar-refractivity contribution in [3.8, 4) is 0 Å². The normalized spacial score (nSPS) is 20.9. The Morgan fingerprint density at radius 3 is 3.18 bits per heavy atom. The van der Waals surface area contributed by atoms with Gasteiger partial charge in [0.05, 0.1) is 4.91 Å². The van der Waals surface area contributed by atoms with Gasteiger partial charge in [0.25, 0.3) is 5.70 Å². The third-order valence-corrected chi connectivity index (χ3v) is 1.71. The van der Waals surface area contributed by atoms with E-state index in [2.05, 4.69) is 5.10 Å². The van der Waals surface area contributed by atoms with Gasteiger partial charge in [0.1, 0.15) is 6.21 Å². The first-order chi connectivity index (χ1) is 5.38. The molecule has 0 amide bonds. The Labute approximate surface area is 64.0 Å². The van der Waals surface area contributed by atoms with E-state index in [0.29, 0.717) is 10.6 Å². The van der Waals surface area contributed by atoms with Crippen LogP contribution in [0, 0.1) is 4.91 Å². The number of nitroso groups, excluding NO2 is 1. The highest BCUT2D eigenvalue weighted by atomic mass is 16.3. The molecule has 0 fully saturated rings. The minimum absolute atomic E-state index is 0.652. The van der Waals surface area contributed by atoms with E-state index in [1.807, 2.05) is 18.2 Å². The molecular formula is C8H7N2O+. The molecule has 0 bridgehead atoms. The van der Waals surface area contributed by atoms with Gasteiger partial charge in [-0.25, -0.2) is 0 Å². The zero-order valence-corrected chi connectivity index (χ0v) is 5.90. The minimum atomic E-state index is 0.652. The van der Waals surface area contributed by atoms with Gasteiger partial charge >= 0.3 is 0 Å². The lowest BCUT2D eigenvalue weighted by Gasteiger charge is -2.03. The molecular weight excluding hydrogens is 140 g/mol. The molecule has 1 aliphatic heterocycles. The fourth-order valence-electron chi connectivity index (χ4n) is 1.15. The Kier molecular flexibility index (Phi) is 1.28. The van der Waals surface area contributed by atoms with Gasteiger partial charge in [-0.05, 0) is 12.5 Å². The van der Waals surface area contributed by atoms with Crippen LogP contribution in [0.15, 0.2) is 40.7 Å². The second-order valence-electron chi connectivity index (χ2n) is 2.41. The van der Waals surface area contributed by atoms with Crippen molar-refractivity contribution in [2.75, 3.05) is 0 Å². The first-order valence-electron chi connectivity index (χ1n) is 3.45. The van der Waals surface area contributed by atoms with Crippen LogP contribution < -0.4 is 0 Å². The van der Waals surface area contributed by atoms with Crippen molar-refractivity contribution in [1.29, 1.82) is 0 Å². The van der Waals surface area contributed by atoms with Gasteiger partial charge in [-0.1, -0.05) is 12.2 Å². The van der Waals surface area contributed by atoms with Crippen LogP contribution in [0.5, 0.6) is 0 Å². The third-order valence-electron chi connectivity index (χ3n) is 1.71. The summed E-state index contributed by atoms with van der Waals surface area (Å²) in [5.41, 5.74) is 1.70. The predicted octanol–water partition coefficient (Wildman–Crippen LogP) is 1.53. The van der Waals surface area contributed by atoms with Crippen molar-refractivity contribution in [3.05, 3.63) is 40.5 Å². The van der Waals surface area contributed by atoms with Crippen LogP contribution in [0.3, 0.4) is 0 Å². The van der Waals surface area contributed by atoms with Crippen LogP contribution in [-0.4, -0.2) is 11.1 Å². The molecule has 1 heterocycles. The zero-order chi connectivity index (χ0) is 7.68. The molecule has 0 aromatic rings. The van der Waals surface area contributed by atoms with Crippen LogP contribution in [-0.2, 0) is 0 Å². The van der Waals surface area contributed by atoms with Crippen molar-refractivity contribution >= 4 is 6.21 Å². The van der Waals surface area contributed by atoms with Gasteiger partial charge in [-0.15, -0.1) is 0 Å². The fourth-order valence-corrected chi connectivity index (χ4v) is 1.15. The lowest BCUT2D eigenvalue weighted by atomic mass is 10.0. The minimum Gasteiger partial charge on any atom is -0.0796 e. The quantitative estimate of drug-likeness (QED) is 0.478. The number of hydrogen-bond acceptors (Lipinski definition) is 1. The van der Waals surface area contributed by atoms with E-state index in [-0.39, 0.29) is 0 Å². The fraction of sp³-hybridized carbons (Fsp3) is 0.125. The average Bonchev–Trinajstić information content (AvgIpc) is 2.06. The standard InChI is InChI=1S/C8H7N2O/c11-10-8-4-2-1-3-7(8)5-6-9-10/h1-2,4-6H,3H2/q+1. The second-order valence-corrected chi connectivity index (χ2v) is 2.41. The molecule has 0 saturated carbocycles.